The zero-order valence-electron chi connectivity index (χ0n) is 9.75. The minimum atomic E-state index is -0.578. The van der Waals surface area contributed by atoms with Crippen LogP contribution < -0.4 is 5.84 Å². The number of hydrogen-bond donors (Lipinski definition) is 1. The number of nitrogens with two attached hydrogens (primary N) is 1. The van der Waals surface area contributed by atoms with Crippen molar-refractivity contribution in [3.8, 4) is 0 Å². The Hall–Kier alpha value is -1.49. The predicted molar refractivity (Wildman–Crippen MR) is 60.9 cm³/mol. The largest absolute Gasteiger partial charge is 0.284 e. The zero-order valence-corrected chi connectivity index (χ0v) is 9.75. The Morgan fingerprint density at radius 3 is 2.65 bits per heavy atom. The van der Waals surface area contributed by atoms with E-state index in [-0.39, 0.29) is 5.91 Å². The number of aryl methyl sites for hydroxylation is 1. The average molecular weight is 242 g/mol. The summed E-state index contributed by atoms with van der Waals surface area (Å²) in [6.07, 6.45) is 2.14. The molecule has 0 aromatic heterocycles. The third kappa shape index (κ3) is 4.48. The second-order valence-electron chi connectivity index (χ2n) is 3.95. The summed E-state index contributed by atoms with van der Waals surface area (Å²) < 4.78 is 25.9. The van der Waals surface area contributed by atoms with Crippen molar-refractivity contribution in [2.45, 2.75) is 25.7 Å². The normalized spacial score (nSPS) is 10.4. The van der Waals surface area contributed by atoms with Crippen LogP contribution in [0.3, 0.4) is 0 Å². The van der Waals surface area contributed by atoms with Gasteiger partial charge < -0.3 is 0 Å². The van der Waals surface area contributed by atoms with Gasteiger partial charge in [-0.15, -0.1) is 0 Å². The van der Waals surface area contributed by atoms with Gasteiger partial charge in [0.05, 0.1) is 0 Å². The molecule has 1 aromatic carbocycles. The molecule has 5 heteroatoms. The fourth-order valence-corrected chi connectivity index (χ4v) is 1.49. The second-order valence-corrected chi connectivity index (χ2v) is 3.95. The molecule has 0 aliphatic carbocycles. The molecule has 17 heavy (non-hydrogen) atoms. The van der Waals surface area contributed by atoms with Gasteiger partial charge in [0.1, 0.15) is 11.6 Å². The van der Waals surface area contributed by atoms with Crippen LogP contribution in [0.2, 0.25) is 0 Å². The highest BCUT2D eigenvalue weighted by atomic mass is 19.1. The van der Waals surface area contributed by atoms with Gasteiger partial charge in [-0.2, -0.15) is 0 Å². The maximum atomic E-state index is 13.2. The summed E-state index contributed by atoms with van der Waals surface area (Å²) in [6.45, 7) is 0. The Kier molecular flexibility index (Phi) is 5.03. The van der Waals surface area contributed by atoms with Gasteiger partial charge >= 0.3 is 0 Å². The second kappa shape index (κ2) is 6.30. The first-order chi connectivity index (χ1) is 8.00. The first-order valence-electron chi connectivity index (χ1n) is 5.46. The molecule has 0 aliphatic heterocycles. The number of hydrogen-bond acceptors (Lipinski definition) is 2. The molecule has 1 aromatic rings. The fraction of sp³-hybridized carbons (Fsp3) is 0.417. The number of halogens is 2. The van der Waals surface area contributed by atoms with Crippen LogP contribution >= 0.6 is 0 Å². The quantitative estimate of drug-likeness (QED) is 0.371. The Morgan fingerprint density at radius 1 is 1.35 bits per heavy atom. The van der Waals surface area contributed by atoms with E-state index in [2.05, 4.69) is 0 Å². The molecule has 0 unspecified atom stereocenters. The van der Waals surface area contributed by atoms with Crippen LogP contribution in [0.15, 0.2) is 18.2 Å². The predicted octanol–water partition coefficient (Wildman–Crippen LogP) is 2.01. The Bertz CT molecular complexity index is 394. The Morgan fingerprint density at radius 2 is 2.06 bits per heavy atom. The molecule has 0 saturated heterocycles. The summed E-state index contributed by atoms with van der Waals surface area (Å²) in [5.74, 6) is 3.99. The third-order valence-corrected chi connectivity index (χ3v) is 2.50. The number of hydrazine groups is 1. The van der Waals surface area contributed by atoms with Gasteiger partial charge in [0.2, 0.25) is 5.91 Å². The Balaban J connectivity index is 2.34. The van der Waals surface area contributed by atoms with E-state index in [1.807, 2.05) is 0 Å². The molecular weight excluding hydrogens is 226 g/mol. The minimum Gasteiger partial charge on any atom is -0.284 e. The number of rotatable bonds is 5. The van der Waals surface area contributed by atoms with Crippen LogP contribution in [0.4, 0.5) is 8.78 Å². The van der Waals surface area contributed by atoms with Crippen molar-refractivity contribution in [1.29, 1.82) is 0 Å². The molecule has 0 spiro atoms. The molecule has 3 nitrogen and oxygen atoms in total. The van der Waals surface area contributed by atoms with Crippen molar-refractivity contribution in [3.05, 3.63) is 35.4 Å². The smallest absolute Gasteiger partial charge is 0.236 e. The molecule has 0 atom stereocenters. The van der Waals surface area contributed by atoms with Crippen molar-refractivity contribution in [1.82, 2.24) is 5.01 Å². The number of unbranched alkanes of at least 4 members (excludes halogenated alkanes) is 1. The van der Waals surface area contributed by atoms with E-state index in [1.54, 1.807) is 0 Å². The lowest BCUT2D eigenvalue weighted by molar-refractivity contribution is -0.130. The molecule has 0 heterocycles. The topological polar surface area (TPSA) is 46.3 Å². The molecule has 2 N–H and O–H groups in total. The van der Waals surface area contributed by atoms with Gasteiger partial charge in [0.15, 0.2) is 0 Å². The van der Waals surface area contributed by atoms with E-state index in [9.17, 15) is 13.6 Å². The summed E-state index contributed by atoms with van der Waals surface area (Å²) in [6, 6.07) is 3.53. The first-order valence-corrected chi connectivity index (χ1v) is 5.46. The molecule has 1 amide bonds. The number of nitrogens with zero attached hydrogens (tertiary/aromatic N) is 1. The Labute approximate surface area is 99.2 Å². The highest BCUT2D eigenvalue weighted by molar-refractivity contribution is 5.75. The molecule has 1 rings (SSSR count). The monoisotopic (exact) mass is 242 g/mol. The SMILES string of the molecule is CN(N)C(=O)CCCCc1ccc(F)cc1F. The molecule has 94 valence electrons. The van der Waals surface area contributed by atoms with Crippen LogP contribution in [-0.2, 0) is 11.2 Å². The lowest BCUT2D eigenvalue weighted by Crippen LogP contribution is -2.32. The van der Waals surface area contributed by atoms with Gasteiger partial charge in [-0.3, -0.25) is 9.80 Å². The van der Waals surface area contributed by atoms with E-state index >= 15 is 0 Å². The summed E-state index contributed by atoms with van der Waals surface area (Å²) >= 11 is 0. The highest BCUT2D eigenvalue weighted by Gasteiger charge is 2.06. The van der Waals surface area contributed by atoms with Gasteiger partial charge in [-0.1, -0.05) is 6.07 Å². The van der Waals surface area contributed by atoms with Gasteiger partial charge in [0.25, 0.3) is 0 Å². The summed E-state index contributed by atoms with van der Waals surface area (Å²) in [7, 11) is 1.49. The van der Waals surface area contributed by atoms with Gasteiger partial charge in [0, 0.05) is 19.5 Å². The maximum Gasteiger partial charge on any atom is 0.236 e. The maximum absolute atomic E-state index is 13.2. The van der Waals surface area contributed by atoms with Gasteiger partial charge in [-0.05, 0) is 30.9 Å². The zero-order chi connectivity index (χ0) is 12.8. The standard InChI is InChI=1S/C12H16F2N2O/c1-16(15)12(17)5-3-2-4-9-6-7-10(13)8-11(9)14/h6-8H,2-5,15H2,1H3. The first kappa shape index (κ1) is 13.6. The molecule has 0 fully saturated rings. The van der Waals surface area contributed by atoms with Crippen LogP contribution in [0.1, 0.15) is 24.8 Å². The van der Waals surface area contributed by atoms with E-state index in [1.165, 1.54) is 19.2 Å². The molecular formula is C12H16F2N2O. The summed E-state index contributed by atoms with van der Waals surface area (Å²) in [5.41, 5.74) is 0.472. The molecule has 0 bridgehead atoms. The van der Waals surface area contributed by atoms with Crippen LogP contribution in [0, 0.1) is 11.6 Å². The van der Waals surface area contributed by atoms with E-state index in [0.717, 1.165) is 11.1 Å². The van der Waals surface area contributed by atoms with E-state index < -0.39 is 11.6 Å². The molecule has 0 aliphatic rings. The number of benzene rings is 1. The van der Waals surface area contributed by atoms with Crippen LogP contribution in [0.25, 0.3) is 0 Å². The van der Waals surface area contributed by atoms with Crippen LogP contribution in [-0.4, -0.2) is 18.0 Å². The van der Waals surface area contributed by atoms with Crippen molar-refractivity contribution in [2.75, 3.05) is 7.05 Å². The van der Waals surface area contributed by atoms with Crippen molar-refractivity contribution >= 4 is 5.91 Å². The number of carbonyl (C=O) groups is 1. The van der Waals surface area contributed by atoms with Crippen LogP contribution in [0.5, 0.6) is 0 Å². The lowest BCUT2D eigenvalue weighted by Gasteiger charge is -2.09. The lowest BCUT2D eigenvalue weighted by atomic mass is 10.1. The van der Waals surface area contributed by atoms with Crippen molar-refractivity contribution in [2.24, 2.45) is 5.84 Å². The third-order valence-electron chi connectivity index (χ3n) is 2.50. The number of carbonyl (C=O) groups excluding carboxylic acids is 1. The van der Waals surface area contributed by atoms with E-state index in [4.69, 9.17) is 5.84 Å². The molecule has 0 saturated carbocycles. The number of amides is 1. The van der Waals surface area contributed by atoms with E-state index in [0.29, 0.717) is 31.2 Å². The average Bonchev–Trinajstić information content (AvgIpc) is 2.26. The molecule has 0 radical (unpaired) electrons. The summed E-state index contributed by atoms with van der Waals surface area (Å²) in [4.78, 5) is 11.1. The highest BCUT2D eigenvalue weighted by Crippen LogP contribution is 2.13. The van der Waals surface area contributed by atoms with Gasteiger partial charge in [-0.25, -0.2) is 14.6 Å². The minimum absolute atomic E-state index is 0.149. The van der Waals surface area contributed by atoms with Crippen molar-refractivity contribution < 1.29 is 13.6 Å². The van der Waals surface area contributed by atoms with Crippen molar-refractivity contribution in [3.63, 3.8) is 0 Å². The summed E-state index contributed by atoms with van der Waals surface area (Å²) in [5, 5.41) is 1.04. The fourth-order valence-electron chi connectivity index (χ4n) is 1.49.